The molecule has 1 aliphatic rings. The monoisotopic (exact) mass is 330 g/mol. The van der Waals surface area contributed by atoms with Crippen molar-refractivity contribution >= 4 is 16.8 Å². The molecular weight excluding hydrogens is 304 g/mol. The second-order valence-electron chi connectivity index (χ2n) is 6.34. The van der Waals surface area contributed by atoms with Crippen LogP contribution in [0.5, 0.6) is 0 Å². The molecule has 1 fully saturated rings. The number of benzene rings is 1. The van der Waals surface area contributed by atoms with Crippen LogP contribution in [0.1, 0.15) is 18.4 Å². The molecule has 0 unspecified atom stereocenters. The lowest BCUT2D eigenvalue weighted by molar-refractivity contribution is -0.121. The van der Waals surface area contributed by atoms with Crippen molar-refractivity contribution in [2.75, 3.05) is 39.4 Å². The number of rotatable bonds is 7. The number of hydrogen-bond donors (Lipinski definition) is 1. The molecule has 6 heteroatoms. The summed E-state index contributed by atoms with van der Waals surface area (Å²) in [5, 5.41) is 8.51. The van der Waals surface area contributed by atoms with Crippen LogP contribution in [-0.2, 0) is 16.1 Å². The Balaban J connectivity index is 1.37. The third kappa shape index (κ3) is 4.55. The minimum atomic E-state index is 0.0905. The highest BCUT2D eigenvalue weighted by molar-refractivity contribution is 5.80. The normalized spacial score (nSPS) is 15.7. The molecule has 1 aliphatic heterocycles. The summed E-state index contributed by atoms with van der Waals surface area (Å²) in [5.41, 5.74) is 2.31. The lowest BCUT2D eigenvalue weighted by atomic mass is 10.2. The van der Waals surface area contributed by atoms with Crippen LogP contribution < -0.4 is 5.32 Å². The minimum Gasteiger partial charge on any atom is -0.379 e. The lowest BCUT2D eigenvalue weighted by Crippen LogP contribution is -2.38. The zero-order chi connectivity index (χ0) is 16.8. The average Bonchev–Trinajstić information content (AvgIpc) is 3.00. The Hall–Kier alpha value is -1.92. The molecule has 0 spiro atoms. The number of ether oxygens (including phenoxy) is 1. The summed E-state index contributed by atoms with van der Waals surface area (Å²) in [4.78, 5) is 14.4. The fourth-order valence-corrected chi connectivity index (χ4v) is 3.04. The molecule has 0 saturated carbocycles. The van der Waals surface area contributed by atoms with Crippen LogP contribution in [0, 0.1) is 6.92 Å². The fraction of sp³-hybridized carbons (Fsp3) is 0.556. The van der Waals surface area contributed by atoms with Crippen molar-refractivity contribution < 1.29 is 9.53 Å². The first-order chi connectivity index (χ1) is 11.7. The van der Waals surface area contributed by atoms with Gasteiger partial charge in [-0.05, 0) is 32.0 Å². The Bertz CT molecular complexity index is 677. The van der Waals surface area contributed by atoms with E-state index in [2.05, 4.69) is 40.4 Å². The van der Waals surface area contributed by atoms with Gasteiger partial charge in [0.15, 0.2) is 0 Å². The molecule has 130 valence electrons. The third-order valence-electron chi connectivity index (χ3n) is 4.42. The number of aryl methyl sites for hydroxylation is 2. The maximum atomic E-state index is 12.0. The molecule has 0 radical (unpaired) electrons. The summed E-state index contributed by atoms with van der Waals surface area (Å²) in [6.07, 6.45) is 3.31. The van der Waals surface area contributed by atoms with Crippen LogP contribution in [0.25, 0.3) is 10.9 Å². The quantitative estimate of drug-likeness (QED) is 0.783. The molecule has 1 saturated heterocycles. The number of fused-ring (bicyclic) bond motifs is 1. The predicted molar refractivity (Wildman–Crippen MR) is 94.0 cm³/mol. The summed E-state index contributed by atoms with van der Waals surface area (Å²) in [6, 6.07) is 6.26. The fourth-order valence-electron chi connectivity index (χ4n) is 3.04. The van der Waals surface area contributed by atoms with Crippen LogP contribution in [0.15, 0.2) is 24.4 Å². The predicted octanol–water partition coefficient (Wildman–Crippen LogP) is 1.57. The SMILES string of the molecule is Cc1ccc2c(cnn2CCC(=O)NCCCN2CCOCC2)c1. The van der Waals surface area contributed by atoms with E-state index in [1.54, 1.807) is 0 Å². The van der Waals surface area contributed by atoms with Crippen LogP contribution >= 0.6 is 0 Å². The molecule has 6 nitrogen and oxygen atoms in total. The van der Waals surface area contributed by atoms with Crippen molar-refractivity contribution in [3.05, 3.63) is 30.0 Å². The summed E-state index contributed by atoms with van der Waals surface area (Å²) in [5.74, 6) is 0.0905. The van der Waals surface area contributed by atoms with Crippen molar-refractivity contribution in [2.45, 2.75) is 26.3 Å². The number of hydrogen-bond acceptors (Lipinski definition) is 4. The van der Waals surface area contributed by atoms with Gasteiger partial charge in [0.1, 0.15) is 0 Å². The Morgan fingerprint density at radius 2 is 2.12 bits per heavy atom. The topological polar surface area (TPSA) is 59.4 Å². The van der Waals surface area contributed by atoms with E-state index in [0.29, 0.717) is 13.0 Å². The van der Waals surface area contributed by atoms with Crippen molar-refractivity contribution in [3.63, 3.8) is 0 Å². The van der Waals surface area contributed by atoms with Gasteiger partial charge in [-0.2, -0.15) is 5.10 Å². The smallest absolute Gasteiger partial charge is 0.221 e. The van der Waals surface area contributed by atoms with E-state index in [0.717, 1.165) is 56.7 Å². The Morgan fingerprint density at radius 3 is 2.96 bits per heavy atom. The molecule has 0 bridgehead atoms. The third-order valence-corrected chi connectivity index (χ3v) is 4.42. The van der Waals surface area contributed by atoms with E-state index in [4.69, 9.17) is 4.74 Å². The van der Waals surface area contributed by atoms with E-state index < -0.39 is 0 Å². The Morgan fingerprint density at radius 1 is 1.29 bits per heavy atom. The highest BCUT2D eigenvalue weighted by Crippen LogP contribution is 2.15. The number of carbonyl (C=O) groups is 1. The first-order valence-electron chi connectivity index (χ1n) is 8.71. The molecule has 1 aromatic carbocycles. The van der Waals surface area contributed by atoms with Gasteiger partial charge < -0.3 is 10.1 Å². The first kappa shape index (κ1) is 16.9. The van der Waals surface area contributed by atoms with E-state index in [1.807, 2.05) is 10.9 Å². The van der Waals surface area contributed by atoms with Crippen molar-refractivity contribution in [2.24, 2.45) is 0 Å². The maximum Gasteiger partial charge on any atom is 0.221 e. The lowest BCUT2D eigenvalue weighted by Gasteiger charge is -2.26. The highest BCUT2D eigenvalue weighted by atomic mass is 16.5. The van der Waals surface area contributed by atoms with E-state index in [-0.39, 0.29) is 5.91 Å². The van der Waals surface area contributed by atoms with E-state index in [1.165, 1.54) is 5.56 Å². The molecule has 1 amide bonds. The number of aromatic nitrogens is 2. The first-order valence-corrected chi connectivity index (χ1v) is 8.71. The van der Waals surface area contributed by atoms with Gasteiger partial charge in [0.2, 0.25) is 5.91 Å². The minimum absolute atomic E-state index is 0.0905. The summed E-state index contributed by atoms with van der Waals surface area (Å²) in [7, 11) is 0. The number of amides is 1. The van der Waals surface area contributed by atoms with Gasteiger partial charge in [-0.15, -0.1) is 0 Å². The van der Waals surface area contributed by atoms with Gasteiger partial charge in [0, 0.05) is 31.4 Å². The van der Waals surface area contributed by atoms with Crippen molar-refractivity contribution in [3.8, 4) is 0 Å². The second-order valence-corrected chi connectivity index (χ2v) is 6.34. The zero-order valence-electron chi connectivity index (χ0n) is 14.3. The van der Waals surface area contributed by atoms with E-state index in [9.17, 15) is 4.79 Å². The molecule has 1 N–H and O–H groups in total. The number of nitrogens with zero attached hydrogens (tertiary/aromatic N) is 3. The standard InChI is InChI=1S/C18H26N4O2/c1-15-3-4-17-16(13-15)14-20-22(17)8-5-18(23)19-6-2-7-21-9-11-24-12-10-21/h3-4,13-14H,2,5-12H2,1H3,(H,19,23). The maximum absolute atomic E-state index is 12.0. The van der Waals surface area contributed by atoms with Gasteiger partial charge in [0.05, 0.1) is 31.5 Å². The molecule has 0 aliphatic carbocycles. The van der Waals surface area contributed by atoms with Gasteiger partial charge in [-0.25, -0.2) is 0 Å². The summed E-state index contributed by atoms with van der Waals surface area (Å²) >= 11 is 0. The molecule has 24 heavy (non-hydrogen) atoms. The highest BCUT2D eigenvalue weighted by Gasteiger charge is 2.10. The number of carbonyl (C=O) groups excluding carboxylic acids is 1. The molecule has 3 rings (SSSR count). The molecule has 2 heterocycles. The van der Waals surface area contributed by atoms with Gasteiger partial charge in [-0.3, -0.25) is 14.4 Å². The molecule has 0 atom stereocenters. The molecule has 1 aromatic heterocycles. The van der Waals surface area contributed by atoms with E-state index >= 15 is 0 Å². The van der Waals surface area contributed by atoms with Crippen LogP contribution in [0.4, 0.5) is 0 Å². The van der Waals surface area contributed by atoms with Crippen molar-refractivity contribution in [1.82, 2.24) is 20.0 Å². The van der Waals surface area contributed by atoms with Gasteiger partial charge >= 0.3 is 0 Å². The van der Waals surface area contributed by atoms with Gasteiger partial charge in [-0.1, -0.05) is 11.6 Å². The largest absolute Gasteiger partial charge is 0.379 e. The molecular formula is C18H26N4O2. The number of nitrogens with one attached hydrogen (secondary N) is 1. The van der Waals surface area contributed by atoms with Crippen LogP contribution in [0.2, 0.25) is 0 Å². The van der Waals surface area contributed by atoms with Gasteiger partial charge in [0.25, 0.3) is 0 Å². The summed E-state index contributed by atoms with van der Waals surface area (Å²) in [6.45, 7) is 8.08. The average molecular weight is 330 g/mol. The van der Waals surface area contributed by atoms with Crippen LogP contribution in [-0.4, -0.2) is 60.0 Å². The Labute approximate surface area is 142 Å². The second kappa shape index (κ2) is 8.26. The summed E-state index contributed by atoms with van der Waals surface area (Å²) < 4.78 is 7.23. The number of morpholine rings is 1. The zero-order valence-corrected chi connectivity index (χ0v) is 14.3. The Kier molecular flexibility index (Phi) is 5.82. The molecule has 2 aromatic rings. The van der Waals surface area contributed by atoms with Crippen molar-refractivity contribution in [1.29, 1.82) is 0 Å². The van der Waals surface area contributed by atoms with Crippen LogP contribution in [0.3, 0.4) is 0 Å².